The highest BCUT2D eigenvalue weighted by Crippen LogP contribution is 2.29. The molecule has 0 aromatic heterocycles. The summed E-state index contributed by atoms with van der Waals surface area (Å²) in [6, 6.07) is 7.06. The number of hydrogen-bond acceptors (Lipinski definition) is 2. The van der Waals surface area contributed by atoms with Crippen molar-refractivity contribution in [2.45, 2.75) is 39.0 Å². The van der Waals surface area contributed by atoms with E-state index in [0.29, 0.717) is 12.0 Å². The Bertz CT molecular complexity index is 317. The highest BCUT2D eigenvalue weighted by molar-refractivity contribution is 5.31. The van der Waals surface area contributed by atoms with Crippen LogP contribution in [0, 0.1) is 0 Å². The van der Waals surface area contributed by atoms with E-state index >= 15 is 0 Å². The van der Waals surface area contributed by atoms with E-state index in [4.69, 9.17) is 10.5 Å². The summed E-state index contributed by atoms with van der Waals surface area (Å²) in [4.78, 5) is 0. The molecule has 1 aromatic carbocycles. The summed E-state index contributed by atoms with van der Waals surface area (Å²) in [6.07, 6.45) is 0.509. The zero-order valence-electron chi connectivity index (χ0n) is 10.2. The fraction of sp³-hybridized carbons (Fsp3) is 0.538. The minimum atomic E-state index is -1.42. The molecule has 1 unspecified atom stereocenters. The van der Waals surface area contributed by atoms with Gasteiger partial charge in [-0.3, -0.25) is 0 Å². The van der Waals surface area contributed by atoms with Gasteiger partial charge in [0, 0.05) is 6.54 Å². The second-order valence-corrected chi connectivity index (χ2v) is 4.21. The van der Waals surface area contributed by atoms with Gasteiger partial charge >= 0.3 is 0 Å². The molecule has 0 radical (unpaired) electrons. The number of halogens is 1. The van der Waals surface area contributed by atoms with E-state index in [1.165, 1.54) is 0 Å². The normalized spacial score (nSPS) is 14.9. The maximum absolute atomic E-state index is 14.2. The molecular formula is C13H20FNO. The smallest absolute Gasteiger partial charge is 0.147 e. The van der Waals surface area contributed by atoms with Gasteiger partial charge in [-0.2, -0.15) is 0 Å². The van der Waals surface area contributed by atoms with Gasteiger partial charge in [0.1, 0.15) is 11.4 Å². The van der Waals surface area contributed by atoms with Gasteiger partial charge in [-0.15, -0.1) is 0 Å². The zero-order valence-corrected chi connectivity index (χ0v) is 10.2. The molecule has 0 bridgehead atoms. The standard InChI is InChI=1S/C13H20FNO/c1-4-13(14,9-15)11-5-7-12(8-6-11)16-10(2)3/h5-8,10H,4,9,15H2,1-3H3. The molecule has 0 spiro atoms. The van der Waals surface area contributed by atoms with Crippen LogP contribution in [-0.4, -0.2) is 12.6 Å². The molecule has 1 rings (SSSR count). The molecule has 2 N–H and O–H groups in total. The number of ether oxygens (including phenoxy) is 1. The molecule has 3 heteroatoms. The van der Waals surface area contributed by atoms with Crippen molar-refractivity contribution in [3.8, 4) is 5.75 Å². The van der Waals surface area contributed by atoms with Crippen LogP contribution in [-0.2, 0) is 5.67 Å². The van der Waals surface area contributed by atoms with E-state index < -0.39 is 5.67 Å². The van der Waals surface area contributed by atoms with Gasteiger partial charge in [-0.05, 0) is 38.0 Å². The monoisotopic (exact) mass is 225 g/mol. The van der Waals surface area contributed by atoms with E-state index in [9.17, 15) is 4.39 Å². The lowest BCUT2D eigenvalue weighted by Gasteiger charge is -2.22. The van der Waals surface area contributed by atoms with Gasteiger partial charge in [0.2, 0.25) is 0 Å². The SMILES string of the molecule is CCC(F)(CN)c1ccc(OC(C)C)cc1. The predicted octanol–water partition coefficient (Wildman–Crippen LogP) is 3.01. The van der Waals surface area contributed by atoms with Crippen LogP contribution in [0.4, 0.5) is 4.39 Å². The summed E-state index contributed by atoms with van der Waals surface area (Å²) in [5, 5.41) is 0. The Morgan fingerprint density at radius 3 is 2.25 bits per heavy atom. The Morgan fingerprint density at radius 2 is 1.88 bits per heavy atom. The molecule has 0 heterocycles. The summed E-state index contributed by atoms with van der Waals surface area (Å²) in [6.45, 7) is 5.72. The third kappa shape index (κ3) is 2.95. The van der Waals surface area contributed by atoms with Crippen LogP contribution >= 0.6 is 0 Å². The Labute approximate surface area is 96.6 Å². The van der Waals surface area contributed by atoms with Gasteiger partial charge in [-0.1, -0.05) is 19.1 Å². The summed E-state index contributed by atoms with van der Waals surface area (Å²) in [5.41, 5.74) is 4.66. The van der Waals surface area contributed by atoms with Gasteiger partial charge < -0.3 is 10.5 Å². The number of nitrogens with two attached hydrogens (primary N) is 1. The van der Waals surface area contributed by atoms with Crippen LogP contribution in [0.25, 0.3) is 0 Å². The van der Waals surface area contributed by atoms with Gasteiger partial charge in [0.05, 0.1) is 6.10 Å². The lowest BCUT2D eigenvalue weighted by atomic mass is 9.93. The molecule has 2 nitrogen and oxygen atoms in total. The van der Waals surface area contributed by atoms with E-state index in [1.54, 1.807) is 31.2 Å². The van der Waals surface area contributed by atoms with Crippen molar-refractivity contribution in [3.63, 3.8) is 0 Å². The third-order valence-electron chi connectivity index (χ3n) is 2.63. The van der Waals surface area contributed by atoms with Crippen molar-refractivity contribution in [2.24, 2.45) is 5.73 Å². The second kappa shape index (κ2) is 5.30. The van der Waals surface area contributed by atoms with E-state index in [2.05, 4.69) is 0 Å². The van der Waals surface area contributed by atoms with Gasteiger partial charge in [0.25, 0.3) is 0 Å². The molecular weight excluding hydrogens is 205 g/mol. The van der Waals surface area contributed by atoms with Crippen LogP contribution in [0.3, 0.4) is 0 Å². The minimum absolute atomic E-state index is 0.00782. The van der Waals surface area contributed by atoms with Crippen LogP contribution in [0.15, 0.2) is 24.3 Å². The van der Waals surface area contributed by atoms with Crippen molar-refractivity contribution in [1.29, 1.82) is 0 Å². The summed E-state index contributed by atoms with van der Waals surface area (Å²) in [7, 11) is 0. The second-order valence-electron chi connectivity index (χ2n) is 4.21. The highest BCUT2D eigenvalue weighted by atomic mass is 19.1. The molecule has 0 aliphatic heterocycles. The lowest BCUT2D eigenvalue weighted by Crippen LogP contribution is -2.29. The molecule has 0 fully saturated rings. The lowest BCUT2D eigenvalue weighted by molar-refractivity contribution is 0.168. The molecule has 0 saturated carbocycles. The first-order chi connectivity index (χ1) is 7.51. The molecule has 90 valence electrons. The van der Waals surface area contributed by atoms with E-state index in [1.807, 2.05) is 13.8 Å². The van der Waals surface area contributed by atoms with Crippen LogP contribution in [0.2, 0.25) is 0 Å². The van der Waals surface area contributed by atoms with Gasteiger partial charge in [-0.25, -0.2) is 4.39 Å². The third-order valence-corrected chi connectivity index (χ3v) is 2.63. The largest absolute Gasteiger partial charge is 0.491 e. The fourth-order valence-corrected chi connectivity index (χ4v) is 1.57. The molecule has 0 aliphatic rings. The van der Waals surface area contributed by atoms with Crippen LogP contribution < -0.4 is 10.5 Å². The number of hydrogen-bond donors (Lipinski definition) is 1. The predicted molar refractivity (Wildman–Crippen MR) is 64.3 cm³/mol. The Balaban J connectivity index is 2.85. The van der Waals surface area contributed by atoms with Crippen molar-refractivity contribution in [3.05, 3.63) is 29.8 Å². The average molecular weight is 225 g/mol. The Hall–Kier alpha value is -1.09. The first-order valence-electron chi connectivity index (χ1n) is 5.68. The fourth-order valence-electron chi connectivity index (χ4n) is 1.57. The zero-order chi connectivity index (χ0) is 12.2. The summed E-state index contributed by atoms with van der Waals surface area (Å²) in [5.74, 6) is 0.759. The van der Waals surface area contributed by atoms with Crippen LogP contribution in [0.1, 0.15) is 32.8 Å². The molecule has 0 aliphatic carbocycles. The molecule has 1 aromatic rings. The quantitative estimate of drug-likeness (QED) is 0.836. The average Bonchev–Trinajstić information content (AvgIpc) is 2.28. The maximum atomic E-state index is 14.2. The first-order valence-corrected chi connectivity index (χ1v) is 5.68. The topological polar surface area (TPSA) is 35.2 Å². The Kier molecular flexibility index (Phi) is 4.30. The number of benzene rings is 1. The van der Waals surface area contributed by atoms with Crippen molar-refractivity contribution in [1.82, 2.24) is 0 Å². The van der Waals surface area contributed by atoms with E-state index in [-0.39, 0.29) is 12.6 Å². The maximum Gasteiger partial charge on any atom is 0.147 e. The summed E-state index contributed by atoms with van der Waals surface area (Å²) >= 11 is 0. The molecule has 16 heavy (non-hydrogen) atoms. The first kappa shape index (κ1) is 13.0. The van der Waals surface area contributed by atoms with Crippen molar-refractivity contribution >= 4 is 0 Å². The van der Waals surface area contributed by atoms with Crippen LogP contribution in [0.5, 0.6) is 5.75 Å². The van der Waals surface area contributed by atoms with Crippen molar-refractivity contribution < 1.29 is 9.13 Å². The van der Waals surface area contributed by atoms with Crippen molar-refractivity contribution in [2.75, 3.05) is 6.54 Å². The van der Waals surface area contributed by atoms with E-state index in [0.717, 1.165) is 5.75 Å². The Morgan fingerprint density at radius 1 is 1.31 bits per heavy atom. The highest BCUT2D eigenvalue weighted by Gasteiger charge is 2.27. The summed E-state index contributed by atoms with van der Waals surface area (Å²) < 4.78 is 19.7. The number of rotatable bonds is 5. The molecule has 0 amide bonds. The number of alkyl halides is 1. The molecule has 0 saturated heterocycles. The molecule has 1 atom stereocenters. The minimum Gasteiger partial charge on any atom is -0.491 e. The van der Waals surface area contributed by atoms with Gasteiger partial charge in [0.15, 0.2) is 0 Å².